The molecule has 0 saturated heterocycles. The molecule has 0 aliphatic carbocycles. The van der Waals surface area contributed by atoms with E-state index in [-0.39, 0.29) is 17.7 Å². The molecular formula is C30H44N4O3. The summed E-state index contributed by atoms with van der Waals surface area (Å²) < 4.78 is 0. The molecule has 37 heavy (non-hydrogen) atoms. The average Bonchev–Trinajstić information content (AvgIpc) is 2.93. The fourth-order valence-corrected chi connectivity index (χ4v) is 4.11. The van der Waals surface area contributed by atoms with Gasteiger partial charge in [0, 0.05) is 38.3 Å². The van der Waals surface area contributed by atoms with Crippen LogP contribution in [0.25, 0.3) is 0 Å². The van der Waals surface area contributed by atoms with Crippen LogP contribution in [0.3, 0.4) is 0 Å². The summed E-state index contributed by atoms with van der Waals surface area (Å²) in [7, 11) is 0. The Bertz CT molecular complexity index is 906. The fourth-order valence-electron chi connectivity index (χ4n) is 4.11. The Morgan fingerprint density at radius 3 is 2.05 bits per heavy atom. The second kappa shape index (κ2) is 19.0. The van der Waals surface area contributed by atoms with Crippen LogP contribution in [-0.2, 0) is 20.9 Å². The van der Waals surface area contributed by atoms with Crippen molar-refractivity contribution in [3.05, 3.63) is 66.0 Å². The maximum absolute atomic E-state index is 12.9. The fraction of sp³-hybridized carbons (Fsp3) is 0.533. The molecule has 0 radical (unpaired) electrons. The van der Waals surface area contributed by atoms with Crippen molar-refractivity contribution in [3.8, 4) is 0 Å². The number of pyridine rings is 1. The van der Waals surface area contributed by atoms with E-state index in [2.05, 4.69) is 27.9 Å². The van der Waals surface area contributed by atoms with Crippen LogP contribution in [0, 0.1) is 0 Å². The third kappa shape index (κ3) is 13.6. The molecule has 3 N–H and O–H groups in total. The van der Waals surface area contributed by atoms with Crippen molar-refractivity contribution >= 4 is 17.7 Å². The molecule has 0 aliphatic rings. The minimum absolute atomic E-state index is 0.0219. The van der Waals surface area contributed by atoms with Gasteiger partial charge in [0.25, 0.3) is 0 Å². The maximum atomic E-state index is 12.9. The second-order valence-electron chi connectivity index (χ2n) is 9.52. The lowest BCUT2D eigenvalue weighted by molar-refractivity contribution is -0.129. The van der Waals surface area contributed by atoms with E-state index in [4.69, 9.17) is 0 Å². The Balaban J connectivity index is 1.65. The van der Waals surface area contributed by atoms with Crippen molar-refractivity contribution in [1.29, 1.82) is 0 Å². The molecule has 2 aromatic rings. The Hall–Kier alpha value is -3.22. The van der Waals surface area contributed by atoms with Crippen LogP contribution in [0.1, 0.15) is 101 Å². The normalized spacial score (nSPS) is 11.5. The smallest absolute Gasteiger partial charge is 0.247 e. The van der Waals surface area contributed by atoms with E-state index in [0.29, 0.717) is 25.9 Å². The van der Waals surface area contributed by atoms with E-state index >= 15 is 0 Å². The van der Waals surface area contributed by atoms with Crippen LogP contribution < -0.4 is 16.0 Å². The summed E-state index contributed by atoms with van der Waals surface area (Å²) in [6, 6.07) is 12.4. The van der Waals surface area contributed by atoms with Gasteiger partial charge in [-0.2, -0.15) is 0 Å². The van der Waals surface area contributed by atoms with Crippen molar-refractivity contribution in [2.75, 3.05) is 6.54 Å². The highest BCUT2D eigenvalue weighted by atomic mass is 16.2. The highest BCUT2D eigenvalue weighted by molar-refractivity contribution is 5.88. The lowest BCUT2D eigenvalue weighted by Crippen LogP contribution is -2.40. The average molecular weight is 509 g/mol. The van der Waals surface area contributed by atoms with Crippen molar-refractivity contribution < 1.29 is 14.4 Å². The summed E-state index contributed by atoms with van der Waals surface area (Å²) in [5.41, 5.74) is 1.80. The van der Waals surface area contributed by atoms with Gasteiger partial charge in [-0.1, -0.05) is 82.2 Å². The summed E-state index contributed by atoms with van der Waals surface area (Å²) in [5.74, 6) is -0.266. The first-order valence-electron chi connectivity index (χ1n) is 13.9. The standard InChI is InChI=1S/C30H44N4O3/c1-2-3-4-5-6-7-12-18-28(36)34-29(26-15-10-8-11-16-26)30(37)32-21-14-9-13-17-27(35)33-24-25-19-22-31-23-20-25/h8,10-11,15-16,19-20,22-23,29H,2-7,9,12-14,17-18,21,24H2,1H3,(H,32,37)(H,33,35)(H,34,36)/t29-/m1/s1. The number of benzene rings is 1. The van der Waals surface area contributed by atoms with Gasteiger partial charge < -0.3 is 16.0 Å². The molecule has 1 aromatic carbocycles. The molecule has 0 saturated carbocycles. The molecule has 1 atom stereocenters. The molecule has 7 nitrogen and oxygen atoms in total. The van der Waals surface area contributed by atoms with E-state index in [1.54, 1.807) is 12.4 Å². The molecule has 0 spiro atoms. The molecular weight excluding hydrogens is 464 g/mol. The molecule has 3 amide bonds. The summed E-state index contributed by atoms with van der Waals surface area (Å²) >= 11 is 0. The van der Waals surface area contributed by atoms with E-state index in [9.17, 15) is 14.4 Å². The van der Waals surface area contributed by atoms with Gasteiger partial charge in [0.15, 0.2) is 0 Å². The van der Waals surface area contributed by atoms with Gasteiger partial charge in [-0.15, -0.1) is 0 Å². The van der Waals surface area contributed by atoms with Crippen LogP contribution in [-0.4, -0.2) is 29.3 Å². The number of hydrogen-bond donors (Lipinski definition) is 3. The number of aromatic nitrogens is 1. The summed E-state index contributed by atoms with van der Waals surface area (Å²) in [5, 5.41) is 8.80. The molecule has 2 rings (SSSR count). The van der Waals surface area contributed by atoms with Gasteiger partial charge in [0.1, 0.15) is 6.04 Å². The zero-order valence-corrected chi connectivity index (χ0v) is 22.3. The highest BCUT2D eigenvalue weighted by Crippen LogP contribution is 2.14. The molecule has 0 unspecified atom stereocenters. The number of nitrogens with one attached hydrogen (secondary N) is 3. The van der Waals surface area contributed by atoms with Crippen LogP contribution in [0.5, 0.6) is 0 Å². The molecule has 1 heterocycles. The first-order valence-corrected chi connectivity index (χ1v) is 13.9. The van der Waals surface area contributed by atoms with Crippen molar-refractivity contribution in [1.82, 2.24) is 20.9 Å². The molecule has 1 aromatic heterocycles. The molecule has 0 aliphatic heterocycles. The van der Waals surface area contributed by atoms with Crippen LogP contribution >= 0.6 is 0 Å². The number of unbranched alkanes of at least 4 members (excludes halogenated alkanes) is 8. The predicted molar refractivity (Wildman–Crippen MR) is 147 cm³/mol. The van der Waals surface area contributed by atoms with Gasteiger partial charge in [-0.25, -0.2) is 0 Å². The molecule has 202 valence electrons. The van der Waals surface area contributed by atoms with Gasteiger partial charge in [-0.3, -0.25) is 19.4 Å². The summed E-state index contributed by atoms with van der Waals surface area (Å²) in [4.78, 5) is 41.5. The highest BCUT2D eigenvalue weighted by Gasteiger charge is 2.22. The Kier molecular flexibility index (Phi) is 15.4. The van der Waals surface area contributed by atoms with Crippen molar-refractivity contribution in [2.24, 2.45) is 0 Å². The Morgan fingerprint density at radius 1 is 0.730 bits per heavy atom. The van der Waals surface area contributed by atoms with Gasteiger partial charge in [0.05, 0.1) is 0 Å². The number of amides is 3. The second-order valence-corrected chi connectivity index (χ2v) is 9.52. The Morgan fingerprint density at radius 2 is 1.35 bits per heavy atom. The SMILES string of the molecule is CCCCCCCCCC(=O)N[C@@H](C(=O)NCCCCCC(=O)NCc1ccncc1)c1ccccc1. The van der Waals surface area contributed by atoms with E-state index in [1.807, 2.05) is 42.5 Å². The lowest BCUT2D eigenvalue weighted by Gasteiger charge is -2.19. The minimum atomic E-state index is -0.697. The molecule has 0 fully saturated rings. The summed E-state index contributed by atoms with van der Waals surface area (Å²) in [6.07, 6.45) is 14.7. The third-order valence-corrected chi connectivity index (χ3v) is 6.33. The number of carbonyl (C=O) groups excluding carboxylic acids is 3. The van der Waals surface area contributed by atoms with Crippen LogP contribution in [0.4, 0.5) is 0 Å². The number of carbonyl (C=O) groups is 3. The zero-order chi connectivity index (χ0) is 26.6. The van der Waals surface area contributed by atoms with Gasteiger partial charge in [-0.05, 0) is 42.5 Å². The topological polar surface area (TPSA) is 100 Å². The van der Waals surface area contributed by atoms with Crippen LogP contribution in [0.2, 0.25) is 0 Å². The molecule has 0 bridgehead atoms. The van der Waals surface area contributed by atoms with Crippen molar-refractivity contribution in [3.63, 3.8) is 0 Å². The predicted octanol–water partition coefficient (Wildman–Crippen LogP) is 5.37. The van der Waals surface area contributed by atoms with E-state index in [0.717, 1.165) is 49.7 Å². The Labute approximate surface area is 222 Å². The van der Waals surface area contributed by atoms with Gasteiger partial charge in [0.2, 0.25) is 17.7 Å². The number of rotatable bonds is 19. The summed E-state index contributed by atoms with van der Waals surface area (Å²) in [6.45, 7) is 3.22. The quantitative estimate of drug-likeness (QED) is 0.222. The largest absolute Gasteiger partial charge is 0.354 e. The minimum Gasteiger partial charge on any atom is -0.354 e. The first kappa shape index (κ1) is 30.0. The lowest BCUT2D eigenvalue weighted by atomic mass is 10.0. The zero-order valence-electron chi connectivity index (χ0n) is 22.3. The number of nitrogens with zero attached hydrogens (tertiary/aromatic N) is 1. The number of hydrogen-bond acceptors (Lipinski definition) is 4. The first-order chi connectivity index (χ1) is 18.1. The third-order valence-electron chi connectivity index (χ3n) is 6.33. The van der Waals surface area contributed by atoms with Crippen LogP contribution in [0.15, 0.2) is 54.9 Å². The monoisotopic (exact) mass is 508 g/mol. The van der Waals surface area contributed by atoms with E-state index < -0.39 is 6.04 Å². The maximum Gasteiger partial charge on any atom is 0.247 e. The van der Waals surface area contributed by atoms with Gasteiger partial charge >= 0.3 is 0 Å². The molecule has 7 heteroatoms. The van der Waals surface area contributed by atoms with Crippen molar-refractivity contribution in [2.45, 2.75) is 96.6 Å². The van der Waals surface area contributed by atoms with E-state index in [1.165, 1.54) is 25.7 Å².